The summed E-state index contributed by atoms with van der Waals surface area (Å²) in [5, 5.41) is 8.47. The molecule has 3 heterocycles. The molecule has 0 unspecified atom stereocenters. The molecular weight excluding hydrogens is 302 g/mol. The monoisotopic (exact) mass is 323 g/mol. The van der Waals surface area contributed by atoms with Crippen LogP contribution in [-0.2, 0) is 18.3 Å². The van der Waals surface area contributed by atoms with E-state index in [-0.39, 0.29) is 5.91 Å². The lowest BCUT2D eigenvalue weighted by Gasteiger charge is -2.28. The van der Waals surface area contributed by atoms with Gasteiger partial charge in [-0.2, -0.15) is 5.10 Å². The van der Waals surface area contributed by atoms with Crippen LogP contribution in [0.4, 0.5) is 11.6 Å². The van der Waals surface area contributed by atoms with E-state index in [9.17, 15) is 4.79 Å². The summed E-state index contributed by atoms with van der Waals surface area (Å²) in [6.07, 6.45) is 2.12. The fourth-order valence-electron chi connectivity index (χ4n) is 3.51. The van der Waals surface area contributed by atoms with E-state index >= 15 is 0 Å². The number of carbonyl (C=O) groups is 1. The Balaban J connectivity index is 1.56. The number of hydrogen-bond donors (Lipinski definition) is 2. The van der Waals surface area contributed by atoms with E-state index in [1.807, 2.05) is 26.1 Å². The Morgan fingerprint density at radius 1 is 1.38 bits per heavy atom. The van der Waals surface area contributed by atoms with Crippen molar-refractivity contribution in [1.82, 2.24) is 14.8 Å². The largest absolute Gasteiger partial charge is 0.349 e. The van der Waals surface area contributed by atoms with Crippen LogP contribution in [0.1, 0.15) is 17.7 Å². The van der Waals surface area contributed by atoms with Gasteiger partial charge in [0.25, 0.3) is 0 Å². The number of para-hydroxylation sites is 1. The molecule has 0 fully saturated rings. The van der Waals surface area contributed by atoms with E-state index < -0.39 is 0 Å². The van der Waals surface area contributed by atoms with Crippen LogP contribution in [0, 0.1) is 6.92 Å². The molecule has 6 heteroatoms. The molecule has 0 aliphatic carbocycles. The minimum atomic E-state index is -0.0236. The second-order valence-corrected chi connectivity index (χ2v) is 6.37. The molecule has 6 nitrogen and oxygen atoms in total. The number of aryl methyl sites for hydroxylation is 3. The fourth-order valence-corrected chi connectivity index (χ4v) is 3.51. The SMILES string of the molecule is Cc1cc(NC(=O)CN2CCCc3c2[nH]c2ccccc32)n(C)n1. The Kier molecular flexibility index (Phi) is 3.52. The summed E-state index contributed by atoms with van der Waals surface area (Å²) < 4.78 is 1.69. The normalized spacial score (nSPS) is 14.0. The molecule has 0 atom stereocenters. The third-order valence-electron chi connectivity index (χ3n) is 4.57. The standard InChI is InChI=1S/C18H21N5O/c1-12-10-16(22(2)21-12)20-17(24)11-23-9-5-7-14-13-6-3-4-8-15(13)19-18(14)23/h3-4,6,8,10,19H,5,7,9,11H2,1-2H3,(H,20,24). The average molecular weight is 323 g/mol. The summed E-state index contributed by atoms with van der Waals surface area (Å²) in [5.74, 6) is 1.79. The van der Waals surface area contributed by atoms with Crippen LogP contribution in [-0.4, -0.2) is 33.8 Å². The third-order valence-corrected chi connectivity index (χ3v) is 4.57. The fraction of sp³-hybridized carbons (Fsp3) is 0.333. The number of nitrogens with zero attached hydrogens (tertiary/aromatic N) is 3. The van der Waals surface area contributed by atoms with E-state index in [1.54, 1.807) is 4.68 Å². The number of aromatic amines is 1. The Morgan fingerprint density at radius 2 is 2.21 bits per heavy atom. The van der Waals surface area contributed by atoms with Crippen LogP contribution in [0.3, 0.4) is 0 Å². The number of benzene rings is 1. The van der Waals surface area contributed by atoms with Gasteiger partial charge in [0.05, 0.1) is 12.2 Å². The van der Waals surface area contributed by atoms with Crippen LogP contribution in [0.25, 0.3) is 10.9 Å². The number of H-pyrrole nitrogens is 1. The van der Waals surface area contributed by atoms with Crippen molar-refractivity contribution in [2.75, 3.05) is 23.3 Å². The summed E-state index contributed by atoms with van der Waals surface area (Å²) >= 11 is 0. The maximum absolute atomic E-state index is 12.5. The average Bonchev–Trinajstić information content (AvgIpc) is 3.08. The van der Waals surface area contributed by atoms with Gasteiger partial charge >= 0.3 is 0 Å². The maximum atomic E-state index is 12.5. The topological polar surface area (TPSA) is 66.0 Å². The van der Waals surface area contributed by atoms with Crippen molar-refractivity contribution >= 4 is 28.4 Å². The molecule has 1 aromatic carbocycles. The van der Waals surface area contributed by atoms with Gasteiger partial charge in [-0.25, -0.2) is 0 Å². The van der Waals surface area contributed by atoms with Crippen molar-refractivity contribution in [1.29, 1.82) is 0 Å². The van der Waals surface area contributed by atoms with Crippen LogP contribution in [0.2, 0.25) is 0 Å². The maximum Gasteiger partial charge on any atom is 0.245 e. The lowest BCUT2D eigenvalue weighted by Crippen LogP contribution is -2.37. The van der Waals surface area contributed by atoms with Gasteiger partial charge in [-0.3, -0.25) is 9.48 Å². The highest BCUT2D eigenvalue weighted by Crippen LogP contribution is 2.33. The van der Waals surface area contributed by atoms with Crippen molar-refractivity contribution in [3.63, 3.8) is 0 Å². The van der Waals surface area contributed by atoms with Crippen LogP contribution in [0.15, 0.2) is 30.3 Å². The summed E-state index contributed by atoms with van der Waals surface area (Å²) in [5.41, 5.74) is 3.35. The lowest BCUT2D eigenvalue weighted by atomic mass is 10.0. The molecule has 1 aliphatic rings. The number of aromatic nitrogens is 3. The zero-order chi connectivity index (χ0) is 16.7. The number of hydrogen-bond acceptors (Lipinski definition) is 3. The van der Waals surface area contributed by atoms with Gasteiger partial charge in [-0.05, 0) is 25.8 Å². The Labute approximate surface area is 140 Å². The number of nitrogens with one attached hydrogen (secondary N) is 2. The first kappa shape index (κ1) is 14.8. The predicted octanol–water partition coefficient (Wildman–Crippen LogP) is 2.60. The van der Waals surface area contributed by atoms with Gasteiger partial charge in [0.2, 0.25) is 5.91 Å². The van der Waals surface area contributed by atoms with Crippen LogP contribution < -0.4 is 10.2 Å². The first-order chi connectivity index (χ1) is 11.6. The minimum Gasteiger partial charge on any atom is -0.349 e. The molecule has 0 radical (unpaired) electrons. The number of anilines is 2. The smallest absolute Gasteiger partial charge is 0.245 e. The predicted molar refractivity (Wildman–Crippen MR) is 95.4 cm³/mol. The molecule has 24 heavy (non-hydrogen) atoms. The number of carbonyl (C=O) groups excluding carboxylic acids is 1. The molecule has 0 spiro atoms. The van der Waals surface area contributed by atoms with E-state index in [4.69, 9.17) is 0 Å². The zero-order valence-corrected chi connectivity index (χ0v) is 14.0. The molecule has 0 bridgehead atoms. The first-order valence-electron chi connectivity index (χ1n) is 8.27. The van der Waals surface area contributed by atoms with E-state index in [0.717, 1.165) is 42.2 Å². The molecule has 2 aromatic heterocycles. The highest BCUT2D eigenvalue weighted by molar-refractivity contribution is 5.95. The Hall–Kier alpha value is -2.76. The van der Waals surface area contributed by atoms with Crippen molar-refractivity contribution in [3.05, 3.63) is 41.6 Å². The van der Waals surface area contributed by atoms with Gasteiger partial charge in [0, 0.05) is 36.1 Å². The van der Waals surface area contributed by atoms with Gasteiger partial charge in [0.1, 0.15) is 11.6 Å². The molecule has 2 N–H and O–H groups in total. The van der Waals surface area contributed by atoms with Gasteiger partial charge in [-0.1, -0.05) is 18.2 Å². The third kappa shape index (κ3) is 2.54. The van der Waals surface area contributed by atoms with Crippen LogP contribution in [0.5, 0.6) is 0 Å². The molecule has 1 amide bonds. The second-order valence-electron chi connectivity index (χ2n) is 6.37. The second kappa shape index (κ2) is 5.70. The van der Waals surface area contributed by atoms with E-state index in [2.05, 4.69) is 38.5 Å². The summed E-state index contributed by atoms with van der Waals surface area (Å²) in [6, 6.07) is 10.2. The van der Waals surface area contributed by atoms with Crippen molar-refractivity contribution < 1.29 is 4.79 Å². The van der Waals surface area contributed by atoms with Gasteiger partial charge in [-0.15, -0.1) is 0 Å². The molecular formula is C18H21N5O. The summed E-state index contributed by atoms with van der Waals surface area (Å²) in [6.45, 7) is 3.14. The molecule has 1 aliphatic heterocycles. The molecule has 0 saturated carbocycles. The van der Waals surface area contributed by atoms with Gasteiger partial charge < -0.3 is 15.2 Å². The van der Waals surface area contributed by atoms with E-state index in [1.165, 1.54) is 10.9 Å². The van der Waals surface area contributed by atoms with E-state index in [0.29, 0.717) is 6.54 Å². The van der Waals surface area contributed by atoms with Crippen molar-refractivity contribution in [3.8, 4) is 0 Å². The molecule has 124 valence electrons. The molecule has 0 saturated heterocycles. The zero-order valence-electron chi connectivity index (χ0n) is 14.0. The van der Waals surface area contributed by atoms with Crippen molar-refractivity contribution in [2.45, 2.75) is 19.8 Å². The van der Waals surface area contributed by atoms with Gasteiger partial charge in [0.15, 0.2) is 0 Å². The molecule has 3 aromatic rings. The summed E-state index contributed by atoms with van der Waals surface area (Å²) in [4.78, 5) is 18.1. The van der Waals surface area contributed by atoms with Crippen LogP contribution >= 0.6 is 0 Å². The highest BCUT2D eigenvalue weighted by atomic mass is 16.2. The molecule has 4 rings (SSSR count). The first-order valence-corrected chi connectivity index (χ1v) is 8.27. The minimum absolute atomic E-state index is 0.0236. The Bertz CT molecular complexity index is 907. The number of amides is 1. The number of rotatable bonds is 3. The quantitative estimate of drug-likeness (QED) is 0.778. The Morgan fingerprint density at radius 3 is 3.00 bits per heavy atom. The lowest BCUT2D eigenvalue weighted by molar-refractivity contribution is -0.115. The number of fused-ring (bicyclic) bond motifs is 3. The summed E-state index contributed by atoms with van der Waals surface area (Å²) in [7, 11) is 1.83. The van der Waals surface area contributed by atoms with Crippen molar-refractivity contribution in [2.24, 2.45) is 7.05 Å². The highest BCUT2D eigenvalue weighted by Gasteiger charge is 2.23.